The van der Waals surface area contributed by atoms with Gasteiger partial charge >= 0.3 is 0 Å². The third-order valence-corrected chi connectivity index (χ3v) is 5.15. The Morgan fingerprint density at radius 2 is 2.23 bits per heavy atom. The molecule has 0 aliphatic carbocycles. The molecule has 22 heavy (non-hydrogen) atoms. The van der Waals surface area contributed by atoms with E-state index in [1.54, 1.807) is 11.3 Å². The number of benzene rings is 1. The third kappa shape index (κ3) is 2.53. The SMILES string of the molecule is CCc1nc(C2CCCN2Cc2nc3ccccc3s2)no1. The van der Waals surface area contributed by atoms with Crippen molar-refractivity contribution in [2.75, 3.05) is 6.54 Å². The maximum atomic E-state index is 5.27. The fourth-order valence-corrected chi connectivity index (χ4v) is 4.01. The number of aryl methyl sites for hydroxylation is 1. The van der Waals surface area contributed by atoms with Crippen molar-refractivity contribution >= 4 is 21.6 Å². The average molecular weight is 314 g/mol. The van der Waals surface area contributed by atoms with Gasteiger partial charge in [-0.3, -0.25) is 4.90 Å². The second kappa shape index (κ2) is 5.78. The van der Waals surface area contributed by atoms with Crippen molar-refractivity contribution in [3.05, 3.63) is 41.0 Å². The van der Waals surface area contributed by atoms with Crippen LogP contribution in [-0.4, -0.2) is 26.6 Å². The summed E-state index contributed by atoms with van der Waals surface area (Å²) in [7, 11) is 0. The molecule has 1 atom stereocenters. The number of nitrogens with zero attached hydrogens (tertiary/aromatic N) is 4. The summed E-state index contributed by atoms with van der Waals surface area (Å²) in [6, 6.07) is 8.56. The smallest absolute Gasteiger partial charge is 0.226 e. The Balaban J connectivity index is 1.55. The van der Waals surface area contributed by atoms with Gasteiger partial charge in [-0.15, -0.1) is 11.3 Å². The standard InChI is InChI=1S/C16H18N4OS/c1-2-14-18-16(19-21-14)12-7-5-9-20(12)10-15-17-11-6-3-4-8-13(11)22-15/h3-4,6,8,12H,2,5,7,9-10H2,1H3. The van der Waals surface area contributed by atoms with Gasteiger partial charge in [0.05, 0.1) is 22.8 Å². The molecule has 0 radical (unpaired) electrons. The molecule has 114 valence electrons. The molecule has 0 N–H and O–H groups in total. The van der Waals surface area contributed by atoms with Crippen molar-refractivity contribution in [1.82, 2.24) is 20.0 Å². The molecule has 1 saturated heterocycles. The Kier molecular flexibility index (Phi) is 3.63. The second-order valence-corrected chi connectivity index (χ2v) is 6.72. The monoisotopic (exact) mass is 314 g/mol. The predicted molar refractivity (Wildman–Crippen MR) is 85.7 cm³/mol. The largest absolute Gasteiger partial charge is 0.339 e. The van der Waals surface area contributed by atoms with Crippen LogP contribution in [0.1, 0.15) is 42.5 Å². The fourth-order valence-electron chi connectivity index (χ4n) is 3.02. The minimum Gasteiger partial charge on any atom is -0.339 e. The van der Waals surface area contributed by atoms with Gasteiger partial charge in [0.1, 0.15) is 5.01 Å². The topological polar surface area (TPSA) is 55.1 Å². The first-order chi connectivity index (χ1) is 10.8. The highest BCUT2D eigenvalue weighted by Crippen LogP contribution is 2.33. The number of para-hydroxylation sites is 1. The van der Waals surface area contributed by atoms with Gasteiger partial charge in [-0.25, -0.2) is 4.98 Å². The van der Waals surface area contributed by atoms with Crippen molar-refractivity contribution < 1.29 is 4.52 Å². The van der Waals surface area contributed by atoms with Gasteiger partial charge < -0.3 is 4.52 Å². The van der Waals surface area contributed by atoms with Crippen LogP contribution in [0.25, 0.3) is 10.2 Å². The molecule has 6 heteroatoms. The predicted octanol–water partition coefficient (Wildman–Crippen LogP) is 3.58. The summed E-state index contributed by atoms with van der Waals surface area (Å²) in [4.78, 5) is 11.7. The van der Waals surface area contributed by atoms with Crippen molar-refractivity contribution in [2.45, 2.75) is 38.8 Å². The first kappa shape index (κ1) is 13.8. The maximum absolute atomic E-state index is 5.27. The van der Waals surface area contributed by atoms with Gasteiger partial charge in [-0.05, 0) is 31.5 Å². The molecule has 4 rings (SSSR count). The molecule has 1 aromatic carbocycles. The molecule has 3 heterocycles. The van der Waals surface area contributed by atoms with Crippen molar-refractivity contribution in [3.8, 4) is 0 Å². The highest BCUT2D eigenvalue weighted by atomic mass is 32.1. The van der Waals surface area contributed by atoms with Gasteiger partial charge in [0, 0.05) is 6.42 Å². The first-order valence-corrected chi connectivity index (χ1v) is 8.56. The number of hydrogen-bond acceptors (Lipinski definition) is 6. The molecule has 0 saturated carbocycles. The van der Waals surface area contributed by atoms with Gasteiger partial charge in [-0.2, -0.15) is 4.98 Å². The highest BCUT2D eigenvalue weighted by Gasteiger charge is 2.30. The zero-order valence-electron chi connectivity index (χ0n) is 12.5. The van der Waals surface area contributed by atoms with Crippen LogP contribution >= 0.6 is 11.3 Å². The van der Waals surface area contributed by atoms with Crippen LogP contribution in [0.4, 0.5) is 0 Å². The molecule has 1 unspecified atom stereocenters. The molecule has 3 aromatic rings. The van der Waals surface area contributed by atoms with E-state index in [0.29, 0.717) is 0 Å². The highest BCUT2D eigenvalue weighted by molar-refractivity contribution is 7.18. The zero-order valence-corrected chi connectivity index (χ0v) is 13.3. The van der Waals surface area contributed by atoms with Crippen LogP contribution in [0.5, 0.6) is 0 Å². The number of rotatable bonds is 4. The Bertz CT molecular complexity index is 748. The number of aromatic nitrogens is 3. The summed E-state index contributed by atoms with van der Waals surface area (Å²) >= 11 is 1.77. The van der Waals surface area contributed by atoms with Crippen molar-refractivity contribution in [2.24, 2.45) is 0 Å². The minimum atomic E-state index is 0.260. The van der Waals surface area contributed by atoms with Crippen LogP contribution in [0.3, 0.4) is 0 Å². The van der Waals surface area contributed by atoms with Crippen LogP contribution in [-0.2, 0) is 13.0 Å². The molecular weight excluding hydrogens is 296 g/mol. The Hall–Kier alpha value is -1.79. The summed E-state index contributed by atoms with van der Waals surface area (Å²) in [5, 5.41) is 5.32. The van der Waals surface area contributed by atoms with Crippen LogP contribution in [0, 0.1) is 0 Å². The van der Waals surface area contributed by atoms with E-state index in [1.807, 2.05) is 13.0 Å². The van der Waals surface area contributed by atoms with Crippen LogP contribution in [0.15, 0.2) is 28.8 Å². The number of fused-ring (bicyclic) bond motifs is 1. The molecule has 0 amide bonds. The third-order valence-electron chi connectivity index (χ3n) is 4.12. The first-order valence-electron chi connectivity index (χ1n) is 7.74. The second-order valence-electron chi connectivity index (χ2n) is 5.60. The van der Waals surface area contributed by atoms with Crippen molar-refractivity contribution in [3.63, 3.8) is 0 Å². The summed E-state index contributed by atoms with van der Waals surface area (Å²) < 4.78 is 6.52. The Labute approximate surface area is 133 Å². The number of likely N-dealkylation sites (tertiary alicyclic amines) is 1. The molecule has 5 nitrogen and oxygen atoms in total. The summed E-state index contributed by atoms with van der Waals surface area (Å²) in [6.45, 7) is 3.96. The molecular formula is C16H18N4OS. The van der Waals surface area contributed by atoms with E-state index in [1.165, 1.54) is 11.1 Å². The Morgan fingerprint density at radius 1 is 1.32 bits per heavy atom. The summed E-state index contributed by atoms with van der Waals surface area (Å²) in [5.74, 6) is 1.55. The lowest BCUT2D eigenvalue weighted by Crippen LogP contribution is -2.23. The van der Waals surface area contributed by atoms with E-state index in [-0.39, 0.29) is 6.04 Å². The zero-order chi connectivity index (χ0) is 14.9. The molecule has 0 spiro atoms. The quantitative estimate of drug-likeness (QED) is 0.737. The van der Waals surface area contributed by atoms with Gasteiger partial charge in [0.15, 0.2) is 5.82 Å². The Morgan fingerprint density at radius 3 is 3.05 bits per heavy atom. The van der Waals surface area contributed by atoms with E-state index in [9.17, 15) is 0 Å². The number of hydrogen-bond donors (Lipinski definition) is 0. The number of thiazole rings is 1. The molecule has 2 aromatic heterocycles. The molecule has 0 bridgehead atoms. The lowest BCUT2D eigenvalue weighted by molar-refractivity contribution is 0.234. The summed E-state index contributed by atoms with van der Waals surface area (Å²) in [5.41, 5.74) is 1.09. The van der Waals surface area contributed by atoms with Crippen molar-refractivity contribution in [1.29, 1.82) is 0 Å². The fraction of sp³-hybridized carbons (Fsp3) is 0.438. The van der Waals surface area contributed by atoms with Crippen LogP contribution in [0.2, 0.25) is 0 Å². The minimum absolute atomic E-state index is 0.260. The van der Waals surface area contributed by atoms with E-state index in [2.05, 4.69) is 33.2 Å². The molecule has 1 fully saturated rings. The normalized spacial score (nSPS) is 19.2. The van der Waals surface area contributed by atoms with E-state index >= 15 is 0 Å². The van der Waals surface area contributed by atoms with Gasteiger partial charge in [-0.1, -0.05) is 24.2 Å². The van der Waals surface area contributed by atoms with Gasteiger partial charge in [0.25, 0.3) is 0 Å². The van der Waals surface area contributed by atoms with E-state index < -0.39 is 0 Å². The average Bonchev–Trinajstić information content (AvgIpc) is 3.25. The van der Waals surface area contributed by atoms with Gasteiger partial charge in [0.2, 0.25) is 5.89 Å². The van der Waals surface area contributed by atoms with E-state index in [0.717, 1.165) is 48.2 Å². The lowest BCUT2D eigenvalue weighted by Gasteiger charge is -2.20. The van der Waals surface area contributed by atoms with Crippen LogP contribution < -0.4 is 0 Å². The summed E-state index contributed by atoms with van der Waals surface area (Å²) in [6.07, 6.45) is 3.05. The van der Waals surface area contributed by atoms with E-state index in [4.69, 9.17) is 9.51 Å². The lowest BCUT2D eigenvalue weighted by atomic mass is 10.2. The molecule has 1 aliphatic rings. The molecule has 1 aliphatic heterocycles. The maximum Gasteiger partial charge on any atom is 0.226 e.